The lowest BCUT2D eigenvalue weighted by Crippen LogP contribution is -2.14. The van der Waals surface area contributed by atoms with Gasteiger partial charge < -0.3 is 14.8 Å². The quantitative estimate of drug-likeness (QED) is 0.247. The molecule has 1 amide bonds. The molecule has 9 heteroatoms. The van der Waals surface area contributed by atoms with Gasteiger partial charge >= 0.3 is 0 Å². The maximum absolute atomic E-state index is 12.6. The molecule has 2 aromatic heterocycles. The fraction of sp³-hybridized carbons (Fsp3) is 0.143. The number of thioether (sulfide) groups is 1. The zero-order chi connectivity index (χ0) is 25.5. The van der Waals surface area contributed by atoms with Crippen LogP contribution < -0.4 is 14.8 Å². The molecular weight excluding hydrogens is 486 g/mol. The highest BCUT2D eigenvalue weighted by Gasteiger charge is 2.17. The molecule has 0 fully saturated rings. The lowest BCUT2D eigenvalue weighted by molar-refractivity contribution is -0.113. The molecule has 186 valence electrons. The largest absolute Gasteiger partial charge is 0.494 e. The number of fused-ring (bicyclic) bond motifs is 1. The van der Waals surface area contributed by atoms with Crippen molar-refractivity contribution < 1.29 is 14.3 Å². The molecule has 5 aromatic rings. The average Bonchev–Trinajstić information content (AvgIpc) is 3.35. The van der Waals surface area contributed by atoms with Gasteiger partial charge in [0.2, 0.25) is 5.91 Å². The molecule has 5 rings (SSSR count). The maximum Gasteiger partial charge on any atom is 0.234 e. The Bertz CT molecular complexity index is 1480. The SMILES string of the molecule is CCOc1ccc(NC(=O)CSc2nnc(COc3cccc4cccnc34)n2-c2ccccc2)cc1. The second-order valence-corrected chi connectivity index (χ2v) is 8.93. The van der Waals surface area contributed by atoms with Crippen LogP contribution in [0.1, 0.15) is 12.7 Å². The number of anilines is 1. The first-order valence-corrected chi connectivity index (χ1v) is 12.8. The summed E-state index contributed by atoms with van der Waals surface area (Å²) in [7, 11) is 0. The van der Waals surface area contributed by atoms with Crippen molar-refractivity contribution in [2.24, 2.45) is 0 Å². The van der Waals surface area contributed by atoms with Gasteiger partial charge in [0, 0.05) is 23.0 Å². The van der Waals surface area contributed by atoms with Crippen molar-refractivity contribution in [3.8, 4) is 17.2 Å². The molecule has 0 radical (unpaired) electrons. The molecule has 0 unspecified atom stereocenters. The van der Waals surface area contributed by atoms with E-state index in [1.54, 1.807) is 6.20 Å². The number of hydrogen-bond donors (Lipinski definition) is 1. The van der Waals surface area contributed by atoms with E-state index in [1.165, 1.54) is 11.8 Å². The maximum atomic E-state index is 12.6. The number of pyridine rings is 1. The normalized spacial score (nSPS) is 10.8. The lowest BCUT2D eigenvalue weighted by atomic mass is 10.2. The summed E-state index contributed by atoms with van der Waals surface area (Å²) in [6.45, 7) is 2.71. The first-order valence-electron chi connectivity index (χ1n) is 11.8. The van der Waals surface area contributed by atoms with Crippen molar-refractivity contribution >= 4 is 34.3 Å². The van der Waals surface area contributed by atoms with E-state index in [1.807, 2.05) is 96.4 Å². The summed E-state index contributed by atoms with van der Waals surface area (Å²) in [5, 5.41) is 13.2. The highest BCUT2D eigenvalue weighted by atomic mass is 32.2. The van der Waals surface area contributed by atoms with Crippen LogP contribution in [-0.2, 0) is 11.4 Å². The van der Waals surface area contributed by atoms with Crippen LogP contribution in [0.25, 0.3) is 16.6 Å². The number of carbonyl (C=O) groups is 1. The van der Waals surface area contributed by atoms with E-state index in [4.69, 9.17) is 9.47 Å². The molecule has 0 saturated carbocycles. The van der Waals surface area contributed by atoms with Crippen molar-refractivity contribution in [1.29, 1.82) is 0 Å². The number of ether oxygens (including phenoxy) is 2. The third-order valence-corrected chi connectivity index (χ3v) is 6.38. The predicted molar refractivity (Wildman–Crippen MR) is 144 cm³/mol. The van der Waals surface area contributed by atoms with Gasteiger partial charge in [0.1, 0.15) is 23.6 Å². The van der Waals surface area contributed by atoms with Gasteiger partial charge in [0.25, 0.3) is 0 Å². The van der Waals surface area contributed by atoms with Crippen LogP contribution in [0.3, 0.4) is 0 Å². The van der Waals surface area contributed by atoms with Crippen molar-refractivity contribution in [3.05, 3.63) is 97.0 Å². The van der Waals surface area contributed by atoms with Gasteiger partial charge in [-0.3, -0.25) is 14.3 Å². The Morgan fingerprint density at radius 1 is 0.919 bits per heavy atom. The Balaban J connectivity index is 1.31. The van der Waals surface area contributed by atoms with E-state index in [0.29, 0.717) is 29.0 Å². The van der Waals surface area contributed by atoms with Crippen molar-refractivity contribution in [1.82, 2.24) is 19.7 Å². The summed E-state index contributed by atoms with van der Waals surface area (Å²) in [4.78, 5) is 17.1. The topological polar surface area (TPSA) is 91.2 Å². The zero-order valence-corrected chi connectivity index (χ0v) is 21.0. The van der Waals surface area contributed by atoms with Gasteiger partial charge in [-0.2, -0.15) is 0 Å². The molecule has 2 heterocycles. The smallest absolute Gasteiger partial charge is 0.234 e. The first-order chi connectivity index (χ1) is 18.2. The molecule has 37 heavy (non-hydrogen) atoms. The number of hydrogen-bond acceptors (Lipinski definition) is 7. The van der Waals surface area contributed by atoms with Crippen molar-refractivity contribution in [2.75, 3.05) is 17.7 Å². The third kappa shape index (κ3) is 5.90. The predicted octanol–water partition coefficient (Wildman–Crippen LogP) is 5.52. The van der Waals surface area contributed by atoms with E-state index < -0.39 is 0 Å². The van der Waals surface area contributed by atoms with E-state index in [-0.39, 0.29) is 18.3 Å². The molecule has 0 aliphatic heterocycles. The summed E-state index contributed by atoms with van der Waals surface area (Å²) < 4.78 is 13.5. The Morgan fingerprint density at radius 2 is 1.73 bits per heavy atom. The Labute approximate surface area is 218 Å². The summed E-state index contributed by atoms with van der Waals surface area (Å²) in [5.41, 5.74) is 2.38. The molecule has 0 aliphatic carbocycles. The van der Waals surface area contributed by atoms with Gasteiger partial charge in [0.05, 0.1) is 12.4 Å². The van der Waals surface area contributed by atoms with Crippen LogP contribution in [0.4, 0.5) is 5.69 Å². The fourth-order valence-corrected chi connectivity index (χ4v) is 4.56. The third-order valence-electron chi connectivity index (χ3n) is 5.45. The number of para-hydroxylation sites is 2. The summed E-state index contributed by atoms with van der Waals surface area (Å²) >= 11 is 1.31. The highest BCUT2D eigenvalue weighted by Crippen LogP contribution is 2.26. The second-order valence-electron chi connectivity index (χ2n) is 7.98. The minimum absolute atomic E-state index is 0.142. The van der Waals surface area contributed by atoms with Crippen LogP contribution >= 0.6 is 11.8 Å². The van der Waals surface area contributed by atoms with E-state index in [9.17, 15) is 4.79 Å². The van der Waals surface area contributed by atoms with Crippen molar-refractivity contribution in [3.63, 3.8) is 0 Å². The number of benzene rings is 3. The van der Waals surface area contributed by atoms with Crippen LogP contribution in [0.2, 0.25) is 0 Å². The first kappa shape index (κ1) is 24.3. The van der Waals surface area contributed by atoms with Gasteiger partial charge in [-0.15, -0.1) is 10.2 Å². The van der Waals surface area contributed by atoms with Gasteiger partial charge in [-0.1, -0.05) is 48.2 Å². The molecule has 0 spiro atoms. The molecule has 0 aliphatic rings. The molecule has 0 saturated heterocycles. The minimum Gasteiger partial charge on any atom is -0.494 e. The molecule has 3 aromatic carbocycles. The van der Waals surface area contributed by atoms with Crippen LogP contribution in [0.15, 0.2) is 96.3 Å². The summed E-state index contributed by atoms with van der Waals surface area (Å²) in [6, 6.07) is 26.8. The van der Waals surface area contributed by atoms with Gasteiger partial charge in [-0.25, -0.2) is 0 Å². The molecule has 8 nitrogen and oxygen atoms in total. The number of carbonyl (C=O) groups excluding carboxylic acids is 1. The Morgan fingerprint density at radius 3 is 2.54 bits per heavy atom. The summed E-state index contributed by atoms with van der Waals surface area (Å²) in [6.07, 6.45) is 1.74. The van der Waals surface area contributed by atoms with Crippen LogP contribution in [0, 0.1) is 0 Å². The monoisotopic (exact) mass is 511 g/mol. The highest BCUT2D eigenvalue weighted by molar-refractivity contribution is 7.99. The zero-order valence-electron chi connectivity index (χ0n) is 20.2. The Hall–Kier alpha value is -4.37. The van der Waals surface area contributed by atoms with E-state index in [2.05, 4.69) is 20.5 Å². The number of rotatable bonds is 10. The second kappa shape index (κ2) is 11.6. The number of nitrogens with zero attached hydrogens (tertiary/aromatic N) is 4. The number of nitrogens with one attached hydrogen (secondary N) is 1. The van der Waals surface area contributed by atoms with Crippen LogP contribution in [0.5, 0.6) is 11.5 Å². The van der Waals surface area contributed by atoms with Crippen molar-refractivity contribution in [2.45, 2.75) is 18.7 Å². The minimum atomic E-state index is -0.142. The van der Waals surface area contributed by atoms with E-state index >= 15 is 0 Å². The number of aromatic nitrogens is 4. The molecule has 0 bridgehead atoms. The molecule has 1 N–H and O–H groups in total. The summed E-state index contributed by atoms with van der Waals surface area (Å²) in [5.74, 6) is 2.08. The van der Waals surface area contributed by atoms with Gasteiger partial charge in [-0.05, 0) is 55.5 Å². The van der Waals surface area contributed by atoms with Gasteiger partial charge in [0.15, 0.2) is 11.0 Å². The number of amides is 1. The lowest BCUT2D eigenvalue weighted by Gasteiger charge is -2.12. The molecular formula is C28H25N5O3S. The fourth-order valence-electron chi connectivity index (χ4n) is 3.79. The standard InChI is InChI=1S/C28H25N5O3S/c1-2-35-23-15-13-21(14-16-23)30-26(34)19-37-28-32-31-25(33(28)22-10-4-3-5-11-22)18-36-24-12-6-8-20-9-7-17-29-27(20)24/h3-17H,2,18-19H2,1H3,(H,30,34). The average molecular weight is 512 g/mol. The Kier molecular flexibility index (Phi) is 7.61. The van der Waals surface area contributed by atoms with E-state index in [0.717, 1.165) is 22.3 Å². The van der Waals surface area contributed by atoms with Crippen LogP contribution in [-0.4, -0.2) is 38.0 Å². The molecule has 0 atom stereocenters.